The molecule has 0 bridgehead atoms. The predicted octanol–water partition coefficient (Wildman–Crippen LogP) is 4.38. The summed E-state index contributed by atoms with van der Waals surface area (Å²) in [6.45, 7) is 3.80. The van der Waals surface area contributed by atoms with Crippen LogP contribution in [0.3, 0.4) is 0 Å². The summed E-state index contributed by atoms with van der Waals surface area (Å²) in [5, 5.41) is 0. The van der Waals surface area contributed by atoms with Crippen LogP contribution in [0.2, 0.25) is 0 Å². The third kappa shape index (κ3) is 3.91. The third-order valence-electron chi connectivity index (χ3n) is 5.84. The van der Waals surface area contributed by atoms with E-state index in [1.54, 1.807) is 32.6 Å². The van der Waals surface area contributed by atoms with Crippen LogP contribution < -0.4 is 18.9 Å². The highest BCUT2D eigenvalue weighted by Crippen LogP contribution is 2.43. The molecule has 3 heterocycles. The molecule has 168 valence electrons. The van der Waals surface area contributed by atoms with Crippen LogP contribution in [0.25, 0.3) is 6.08 Å². The number of hydrogen-bond donors (Lipinski definition) is 0. The number of benzene rings is 2. The number of hydrogen-bond acceptors (Lipinski definition) is 7. The van der Waals surface area contributed by atoms with Crippen molar-refractivity contribution >= 4 is 11.9 Å². The van der Waals surface area contributed by atoms with Gasteiger partial charge in [0.25, 0.3) is 0 Å². The van der Waals surface area contributed by atoms with Crippen LogP contribution >= 0.6 is 0 Å². The highest BCUT2D eigenvalue weighted by atomic mass is 16.5. The van der Waals surface area contributed by atoms with Gasteiger partial charge in [-0.3, -0.25) is 14.7 Å². The highest BCUT2D eigenvalue weighted by Gasteiger charge is 2.33. The van der Waals surface area contributed by atoms with Crippen molar-refractivity contribution in [3.8, 4) is 23.0 Å². The Bertz CT molecular complexity index is 1250. The minimum Gasteiger partial charge on any atom is -0.493 e. The van der Waals surface area contributed by atoms with E-state index in [2.05, 4.69) is 9.88 Å². The number of ether oxygens (including phenoxy) is 4. The summed E-state index contributed by atoms with van der Waals surface area (Å²) in [7, 11) is 3.16. The molecule has 0 saturated carbocycles. The fourth-order valence-electron chi connectivity index (χ4n) is 4.24. The van der Waals surface area contributed by atoms with E-state index >= 15 is 0 Å². The topological polar surface area (TPSA) is 70.1 Å². The predicted molar refractivity (Wildman–Crippen MR) is 123 cm³/mol. The van der Waals surface area contributed by atoms with Crippen LogP contribution in [0.5, 0.6) is 23.0 Å². The maximum absolute atomic E-state index is 13.2. The van der Waals surface area contributed by atoms with Crippen LogP contribution in [0.15, 0.2) is 54.6 Å². The SMILES string of the molecule is COc1ccc(/C=C2\Oc3c(cc4c(c3C)OCN(Cc3cccnc3)C4)C2=O)cc1OC. The molecule has 3 aromatic rings. The van der Waals surface area contributed by atoms with Gasteiger partial charge in [0.1, 0.15) is 18.2 Å². The van der Waals surface area contributed by atoms with Gasteiger partial charge in [0, 0.05) is 36.6 Å². The van der Waals surface area contributed by atoms with Gasteiger partial charge in [-0.15, -0.1) is 0 Å². The largest absolute Gasteiger partial charge is 0.493 e. The lowest BCUT2D eigenvalue weighted by Gasteiger charge is -2.30. The number of nitrogens with zero attached hydrogens (tertiary/aromatic N) is 2. The average molecular weight is 444 g/mol. The van der Waals surface area contributed by atoms with Gasteiger partial charge in [-0.2, -0.15) is 0 Å². The van der Waals surface area contributed by atoms with Crippen LogP contribution in [-0.4, -0.2) is 36.6 Å². The first-order valence-corrected chi connectivity index (χ1v) is 10.6. The van der Waals surface area contributed by atoms with Crippen LogP contribution in [0.1, 0.15) is 32.6 Å². The van der Waals surface area contributed by atoms with E-state index < -0.39 is 0 Å². The van der Waals surface area contributed by atoms with E-state index in [1.807, 2.05) is 43.5 Å². The molecule has 0 aliphatic carbocycles. The van der Waals surface area contributed by atoms with Gasteiger partial charge in [0.2, 0.25) is 5.78 Å². The lowest BCUT2D eigenvalue weighted by Crippen LogP contribution is -2.32. The van der Waals surface area contributed by atoms with Gasteiger partial charge in [0.15, 0.2) is 17.3 Å². The number of allylic oxidation sites excluding steroid dienone is 1. The molecule has 0 amide bonds. The number of aromatic nitrogens is 1. The number of carbonyl (C=O) groups excluding carboxylic acids is 1. The fraction of sp³-hybridized carbons (Fsp3) is 0.231. The van der Waals surface area contributed by atoms with E-state index in [0.29, 0.717) is 36.1 Å². The van der Waals surface area contributed by atoms with E-state index in [4.69, 9.17) is 18.9 Å². The molecule has 7 heteroatoms. The molecular weight excluding hydrogens is 420 g/mol. The number of methoxy groups -OCH3 is 2. The summed E-state index contributed by atoms with van der Waals surface area (Å²) < 4.78 is 22.7. The normalized spacial score (nSPS) is 16.1. The number of fused-ring (bicyclic) bond motifs is 2. The molecule has 7 nitrogen and oxygen atoms in total. The fourth-order valence-corrected chi connectivity index (χ4v) is 4.24. The molecule has 33 heavy (non-hydrogen) atoms. The molecule has 0 radical (unpaired) electrons. The zero-order valence-electron chi connectivity index (χ0n) is 18.8. The van der Waals surface area contributed by atoms with E-state index in [1.165, 1.54) is 0 Å². The molecular formula is C26H24N2O5. The minimum absolute atomic E-state index is 0.143. The Balaban J connectivity index is 1.42. The monoisotopic (exact) mass is 444 g/mol. The molecule has 0 atom stereocenters. The summed E-state index contributed by atoms with van der Waals surface area (Å²) in [4.78, 5) is 19.5. The molecule has 0 N–H and O–H groups in total. The Morgan fingerprint density at radius 2 is 1.97 bits per heavy atom. The van der Waals surface area contributed by atoms with Gasteiger partial charge >= 0.3 is 0 Å². The Labute approximate surface area is 192 Å². The standard InChI is InChI=1S/C26H24N2O5/c1-16-25-19(14-28(15-32-25)13-18-5-4-8-27-12-18)11-20-24(29)23(33-26(16)20)10-17-6-7-21(30-2)22(9-17)31-3/h4-12H,13-15H2,1-3H3/b23-10-. The molecule has 0 fully saturated rings. The number of carbonyl (C=O) groups is 1. The molecule has 1 aromatic heterocycles. The second kappa shape index (κ2) is 8.60. The molecule has 0 unspecified atom stereocenters. The molecule has 2 aliphatic heterocycles. The second-order valence-electron chi connectivity index (χ2n) is 8.04. The average Bonchev–Trinajstić information content (AvgIpc) is 3.15. The first-order chi connectivity index (χ1) is 16.1. The summed E-state index contributed by atoms with van der Waals surface area (Å²) in [5.74, 6) is 2.69. The number of ketones is 1. The Hall–Kier alpha value is -3.84. The van der Waals surface area contributed by atoms with E-state index in [0.717, 1.165) is 34.5 Å². The number of Topliss-reactive ketones (excluding diaryl/α,β-unsaturated/α-hetero) is 1. The van der Waals surface area contributed by atoms with Crippen molar-refractivity contribution in [2.24, 2.45) is 0 Å². The third-order valence-corrected chi connectivity index (χ3v) is 5.84. The van der Waals surface area contributed by atoms with Gasteiger partial charge in [-0.1, -0.05) is 12.1 Å². The summed E-state index contributed by atoms with van der Waals surface area (Å²) in [5.41, 5.74) is 4.27. The number of pyridine rings is 1. The van der Waals surface area contributed by atoms with Gasteiger partial charge in [-0.05, 0) is 48.4 Å². The van der Waals surface area contributed by atoms with Crippen LogP contribution in [0.4, 0.5) is 0 Å². The van der Waals surface area contributed by atoms with Gasteiger partial charge < -0.3 is 18.9 Å². The van der Waals surface area contributed by atoms with Crippen molar-refractivity contribution in [2.45, 2.75) is 20.0 Å². The van der Waals surface area contributed by atoms with E-state index in [-0.39, 0.29) is 11.5 Å². The van der Waals surface area contributed by atoms with Crippen molar-refractivity contribution in [1.82, 2.24) is 9.88 Å². The molecule has 2 aliphatic rings. The van der Waals surface area contributed by atoms with Crippen molar-refractivity contribution in [1.29, 1.82) is 0 Å². The maximum Gasteiger partial charge on any atom is 0.231 e. The lowest BCUT2D eigenvalue weighted by atomic mass is 10.00. The smallest absolute Gasteiger partial charge is 0.231 e. The van der Waals surface area contributed by atoms with Crippen LogP contribution in [-0.2, 0) is 13.1 Å². The maximum atomic E-state index is 13.2. The van der Waals surface area contributed by atoms with E-state index in [9.17, 15) is 4.79 Å². The molecule has 5 rings (SSSR count). The minimum atomic E-state index is -0.143. The van der Waals surface area contributed by atoms with Crippen molar-refractivity contribution in [3.63, 3.8) is 0 Å². The van der Waals surface area contributed by atoms with Crippen molar-refractivity contribution < 1.29 is 23.7 Å². The summed E-state index contributed by atoms with van der Waals surface area (Å²) in [6, 6.07) is 11.3. The molecule has 0 saturated heterocycles. The molecule has 0 spiro atoms. The van der Waals surface area contributed by atoms with Crippen molar-refractivity contribution in [2.75, 3.05) is 21.0 Å². The van der Waals surface area contributed by atoms with Crippen molar-refractivity contribution in [3.05, 3.63) is 82.4 Å². The Kier molecular flexibility index (Phi) is 5.48. The van der Waals surface area contributed by atoms with Gasteiger partial charge in [-0.25, -0.2) is 0 Å². The zero-order chi connectivity index (χ0) is 22.9. The zero-order valence-corrected chi connectivity index (χ0v) is 18.8. The Morgan fingerprint density at radius 1 is 1.12 bits per heavy atom. The quantitative estimate of drug-likeness (QED) is 0.541. The number of rotatable bonds is 5. The van der Waals surface area contributed by atoms with Crippen LogP contribution in [0, 0.1) is 6.92 Å². The lowest BCUT2D eigenvalue weighted by molar-refractivity contribution is 0.0876. The summed E-state index contributed by atoms with van der Waals surface area (Å²) in [6.07, 6.45) is 5.33. The second-order valence-corrected chi connectivity index (χ2v) is 8.04. The molecule has 2 aromatic carbocycles. The highest BCUT2D eigenvalue weighted by molar-refractivity contribution is 6.15. The summed E-state index contributed by atoms with van der Waals surface area (Å²) >= 11 is 0. The first-order valence-electron chi connectivity index (χ1n) is 10.6. The Morgan fingerprint density at radius 3 is 2.73 bits per heavy atom. The first kappa shape index (κ1) is 21.0. The van der Waals surface area contributed by atoms with Gasteiger partial charge in [0.05, 0.1) is 19.8 Å².